The Balaban J connectivity index is 2.00. The zero-order chi connectivity index (χ0) is 13.0. The van der Waals surface area contributed by atoms with Crippen molar-refractivity contribution in [3.63, 3.8) is 0 Å². The first kappa shape index (κ1) is 13.2. The largest absolute Gasteiger partial charge is 0.306 e. The second-order valence-corrected chi connectivity index (χ2v) is 5.10. The maximum atomic E-state index is 13.1. The van der Waals surface area contributed by atoms with Gasteiger partial charge in [-0.15, -0.1) is 0 Å². The zero-order valence-corrected chi connectivity index (χ0v) is 11.7. The topological polar surface area (TPSA) is 12.0 Å². The summed E-state index contributed by atoms with van der Waals surface area (Å²) < 4.78 is 14.2. The normalized spacial score (nSPS) is 12.4. The van der Waals surface area contributed by atoms with Gasteiger partial charge in [0.2, 0.25) is 0 Å². The molecule has 3 heteroatoms. The summed E-state index contributed by atoms with van der Waals surface area (Å²) in [6.45, 7) is 2.78. The van der Waals surface area contributed by atoms with E-state index in [1.165, 1.54) is 11.6 Å². The summed E-state index contributed by atoms with van der Waals surface area (Å²) in [5, 5.41) is 3.39. The third-order valence-corrected chi connectivity index (χ3v) is 3.68. The monoisotopic (exact) mass is 307 g/mol. The fourth-order valence-corrected chi connectivity index (χ4v) is 2.22. The van der Waals surface area contributed by atoms with Crippen LogP contribution in [0.4, 0.5) is 4.39 Å². The Hall–Kier alpha value is -1.19. The van der Waals surface area contributed by atoms with Crippen LogP contribution in [0.15, 0.2) is 53.0 Å². The van der Waals surface area contributed by atoms with Crippen LogP contribution in [0.2, 0.25) is 0 Å². The van der Waals surface area contributed by atoms with E-state index in [0.29, 0.717) is 0 Å². The molecular formula is C15H15BrFN. The average Bonchev–Trinajstić information content (AvgIpc) is 2.37. The van der Waals surface area contributed by atoms with E-state index in [0.717, 1.165) is 16.6 Å². The Morgan fingerprint density at radius 2 is 1.94 bits per heavy atom. The van der Waals surface area contributed by atoms with Crippen LogP contribution in [0.5, 0.6) is 0 Å². The van der Waals surface area contributed by atoms with Crippen LogP contribution >= 0.6 is 15.9 Å². The molecule has 0 amide bonds. The maximum Gasteiger partial charge on any atom is 0.123 e. The van der Waals surface area contributed by atoms with Gasteiger partial charge < -0.3 is 5.32 Å². The summed E-state index contributed by atoms with van der Waals surface area (Å²) >= 11 is 3.51. The van der Waals surface area contributed by atoms with E-state index in [9.17, 15) is 4.39 Å². The molecule has 0 aromatic heterocycles. The van der Waals surface area contributed by atoms with Gasteiger partial charge >= 0.3 is 0 Å². The number of hydrogen-bond donors (Lipinski definition) is 1. The van der Waals surface area contributed by atoms with E-state index in [1.54, 1.807) is 12.1 Å². The molecular weight excluding hydrogens is 293 g/mol. The number of hydrogen-bond acceptors (Lipinski definition) is 1. The third-order valence-electron chi connectivity index (χ3n) is 2.91. The molecule has 0 aliphatic carbocycles. The lowest BCUT2D eigenvalue weighted by Crippen LogP contribution is -2.18. The lowest BCUT2D eigenvalue weighted by atomic mass is 10.1. The fraction of sp³-hybridized carbons (Fsp3) is 0.200. The van der Waals surface area contributed by atoms with Crippen molar-refractivity contribution in [3.8, 4) is 0 Å². The van der Waals surface area contributed by atoms with Crippen molar-refractivity contribution in [3.05, 3.63) is 69.9 Å². The number of halogens is 2. The Morgan fingerprint density at radius 3 is 2.67 bits per heavy atom. The molecule has 0 heterocycles. The molecule has 1 N–H and O–H groups in total. The zero-order valence-electron chi connectivity index (χ0n) is 10.2. The second-order valence-electron chi connectivity index (χ2n) is 4.25. The lowest BCUT2D eigenvalue weighted by Gasteiger charge is -2.15. The molecule has 0 fully saturated rings. The summed E-state index contributed by atoms with van der Waals surface area (Å²) in [5.41, 5.74) is 2.16. The van der Waals surface area contributed by atoms with Crippen LogP contribution < -0.4 is 5.32 Å². The van der Waals surface area contributed by atoms with Crippen LogP contribution in [0.1, 0.15) is 24.1 Å². The third kappa shape index (κ3) is 3.40. The molecule has 2 rings (SSSR count). The van der Waals surface area contributed by atoms with Gasteiger partial charge in [-0.25, -0.2) is 4.39 Å². The first-order chi connectivity index (χ1) is 8.66. The molecule has 0 bridgehead atoms. The van der Waals surface area contributed by atoms with Gasteiger partial charge in [-0.1, -0.05) is 46.3 Å². The minimum Gasteiger partial charge on any atom is -0.306 e. The molecule has 0 radical (unpaired) electrons. The molecule has 2 aromatic carbocycles. The fourth-order valence-electron chi connectivity index (χ4n) is 1.80. The molecule has 1 atom stereocenters. The molecule has 18 heavy (non-hydrogen) atoms. The van der Waals surface area contributed by atoms with Crippen LogP contribution in [0, 0.1) is 5.82 Å². The predicted molar refractivity (Wildman–Crippen MR) is 75.8 cm³/mol. The molecule has 94 valence electrons. The van der Waals surface area contributed by atoms with Crippen molar-refractivity contribution >= 4 is 15.9 Å². The van der Waals surface area contributed by atoms with E-state index in [4.69, 9.17) is 0 Å². The van der Waals surface area contributed by atoms with Crippen LogP contribution in [-0.2, 0) is 6.54 Å². The molecule has 0 aliphatic heterocycles. The van der Waals surface area contributed by atoms with Crippen LogP contribution in [0.25, 0.3) is 0 Å². The van der Waals surface area contributed by atoms with Crippen molar-refractivity contribution in [1.29, 1.82) is 0 Å². The molecule has 0 saturated heterocycles. The minimum atomic E-state index is -0.193. The highest BCUT2D eigenvalue weighted by Gasteiger charge is 2.06. The van der Waals surface area contributed by atoms with E-state index >= 15 is 0 Å². The highest BCUT2D eigenvalue weighted by molar-refractivity contribution is 9.10. The summed E-state index contributed by atoms with van der Waals surface area (Å²) in [6.07, 6.45) is 0. The van der Waals surface area contributed by atoms with Gasteiger partial charge in [-0.3, -0.25) is 0 Å². The summed E-state index contributed by atoms with van der Waals surface area (Å²) in [4.78, 5) is 0. The van der Waals surface area contributed by atoms with Crippen molar-refractivity contribution in [2.75, 3.05) is 0 Å². The number of benzene rings is 2. The predicted octanol–water partition coefficient (Wildman–Crippen LogP) is 4.44. The van der Waals surface area contributed by atoms with Gasteiger partial charge in [0.25, 0.3) is 0 Å². The van der Waals surface area contributed by atoms with E-state index < -0.39 is 0 Å². The van der Waals surface area contributed by atoms with E-state index in [1.807, 2.05) is 31.2 Å². The Bertz CT molecular complexity index is 527. The molecule has 1 nitrogen and oxygen atoms in total. The van der Waals surface area contributed by atoms with Crippen molar-refractivity contribution in [2.24, 2.45) is 0 Å². The quantitative estimate of drug-likeness (QED) is 0.880. The Kier molecular flexibility index (Phi) is 4.50. The Labute approximate surface area is 115 Å². The van der Waals surface area contributed by atoms with Gasteiger partial charge in [0.15, 0.2) is 0 Å². The molecule has 1 unspecified atom stereocenters. The van der Waals surface area contributed by atoms with Crippen molar-refractivity contribution < 1.29 is 4.39 Å². The summed E-state index contributed by atoms with van der Waals surface area (Å²) in [7, 11) is 0. The SMILES string of the molecule is CC(NCc1ccccc1Br)c1cccc(F)c1. The van der Waals surface area contributed by atoms with E-state index in [-0.39, 0.29) is 11.9 Å². The van der Waals surface area contributed by atoms with E-state index in [2.05, 4.69) is 27.3 Å². The van der Waals surface area contributed by atoms with Crippen LogP contribution in [-0.4, -0.2) is 0 Å². The second kappa shape index (κ2) is 6.12. The molecule has 2 aromatic rings. The summed E-state index contributed by atoms with van der Waals surface area (Å²) in [6, 6.07) is 14.9. The van der Waals surface area contributed by atoms with Crippen LogP contribution in [0.3, 0.4) is 0 Å². The minimum absolute atomic E-state index is 0.118. The van der Waals surface area contributed by atoms with Gasteiger partial charge in [0.1, 0.15) is 5.82 Å². The molecule has 0 aliphatic rings. The van der Waals surface area contributed by atoms with Gasteiger partial charge in [0.05, 0.1) is 0 Å². The smallest absolute Gasteiger partial charge is 0.123 e. The highest BCUT2D eigenvalue weighted by Crippen LogP contribution is 2.18. The van der Waals surface area contributed by atoms with Gasteiger partial charge in [0, 0.05) is 17.1 Å². The highest BCUT2D eigenvalue weighted by atomic mass is 79.9. The maximum absolute atomic E-state index is 13.1. The van der Waals surface area contributed by atoms with Gasteiger partial charge in [-0.2, -0.15) is 0 Å². The number of nitrogens with one attached hydrogen (secondary N) is 1. The first-order valence-electron chi connectivity index (χ1n) is 5.89. The number of rotatable bonds is 4. The van der Waals surface area contributed by atoms with Crippen molar-refractivity contribution in [2.45, 2.75) is 19.5 Å². The molecule has 0 saturated carbocycles. The summed E-state index contributed by atoms with van der Waals surface area (Å²) in [5.74, 6) is -0.193. The Morgan fingerprint density at radius 1 is 1.17 bits per heavy atom. The lowest BCUT2D eigenvalue weighted by molar-refractivity contribution is 0.564. The average molecular weight is 308 g/mol. The van der Waals surface area contributed by atoms with Crippen molar-refractivity contribution in [1.82, 2.24) is 5.32 Å². The molecule has 0 spiro atoms. The standard InChI is InChI=1S/C15H15BrFN/c1-11(12-6-4-7-14(17)9-12)18-10-13-5-2-3-8-15(13)16/h2-9,11,18H,10H2,1H3. The van der Waals surface area contributed by atoms with Gasteiger partial charge in [-0.05, 0) is 36.2 Å². The first-order valence-corrected chi connectivity index (χ1v) is 6.68.